The number of anilines is 2. The van der Waals surface area contributed by atoms with Gasteiger partial charge in [0.25, 0.3) is 0 Å². The number of imide groups is 1. The average Bonchev–Trinajstić information content (AvgIpc) is 2.96. The van der Waals surface area contributed by atoms with Crippen molar-refractivity contribution in [2.45, 2.75) is 18.6 Å². The molecule has 1 aliphatic heterocycles. The second-order valence-corrected chi connectivity index (χ2v) is 7.24. The first-order chi connectivity index (χ1) is 13.5. The number of rotatable bonds is 7. The van der Waals surface area contributed by atoms with Crippen molar-refractivity contribution in [2.75, 3.05) is 22.6 Å². The normalized spacial score (nSPS) is 16.4. The van der Waals surface area contributed by atoms with Gasteiger partial charge in [-0.1, -0.05) is 0 Å². The largest absolute Gasteiger partial charge is 0.494 e. The quantitative estimate of drug-likeness (QED) is 0.720. The molecule has 0 radical (unpaired) electrons. The summed E-state index contributed by atoms with van der Waals surface area (Å²) in [5.74, 6) is -0.681. The van der Waals surface area contributed by atoms with Gasteiger partial charge in [-0.05, 0) is 55.5 Å². The van der Waals surface area contributed by atoms with Crippen LogP contribution in [0, 0.1) is 5.82 Å². The van der Waals surface area contributed by atoms with E-state index in [1.807, 2.05) is 6.92 Å². The molecule has 6 nitrogen and oxygen atoms in total. The maximum Gasteiger partial charge on any atom is 0.247 e. The number of ether oxygens (including phenoxy) is 1. The molecule has 2 aromatic carbocycles. The van der Waals surface area contributed by atoms with Crippen LogP contribution in [0.3, 0.4) is 0 Å². The Hall–Kier alpha value is -2.87. The van der Waals surface area contributed by atoms with Crippen molar-refractivity contribution in [3.63, 3.8) is 0 Å². The highest BCUT2D eigenvalue weighted by Gasteiger charge is 2.40. The number of carbonyl (C=O) groups is 3. The monoisotopic (exact) mass is 402 g/mol. The van der Waals surface area contributed by atoms with E-state index in [9.17, 15) is 18.8 Å². The van der Waals surface area contributed by atoms with Gasteiger partial charge in [0.1, 0.15) is 11.6 Å². The topological polar surface area (TPSA) is 75.7 Å². The molecule has 1 N–H and O–H groups in total. The van der Waals surface area contributed by atoms with Crippen molar-refractivity contribution in [1.29, 1.82) is 0 Å². The Morgan fingerprint density at radius 2 is 1.86 bits per heavy atom. The van der Waals surface area contributed by atoms with E-state index in [4.69, 9.17) is 4.74 Å². The Morgan fingerprint density at radius 1 is 1.18 bits per heavy atom. The Morgan fingerprint density at radius 3 is 2.50 bits per heavy atom. The zero-order valence-corrected chi connectivity index (χ0v) is 16.0. The van der Waals surface area contributed by atoms with E-state index in [-0.39, 0.29) is 29.9 Å². The molecule has 1 fully saturated rings. The molecule has 0 aromatic heterocycles. The van der Waals surface area contributed by atoms with Crippen molar-refractivity contribution in [3.8, 4) is 5.75 Å². The minimum Gasteiger partial charge on any atom is -0.494 e. The van der Waals surface area contributed by atoms with Gasteiger partial charge in [0.15, 0.2) is 0 Å². The van der Waals surface area contributed by atoms with Crippen LogP contribution >= 0.6 is 11.8 Å². The standard InChI is InChI=1S/C20H19FN2O4S/c1-2-27-16-9-7-15(8-10-16)23-19(25)11-17(20(23)26)28-12-18(24)22-14-5-3-13(21)4-6-14/h3-10,17H,2,11-12H2,1H3,(H,22,24). The van der Waals surface area contributed by atoms with E-state index in [0.717, 1.165) is 16.7 Å². The van der Waals surface area contributed by atoms with Gasteiger partial charge in [0.2, 0.25) is 17.7 Å². The molecule has 0 bridgehead atoms. The van der Waals surface area contributed by atoms with E-state index in [1.54, 1.807) is 24.3 Å². The summed E-state index contributed by atoms with van der Waals surface area (Å²) in [6.07, 6.45) is 0.0422. The Labute approximate surface area is 166 Å². The van der Waals surface area contributed by atoms with Crippen LogP contribution in [0.2, 0.25) is 0 Å². The van der Waals surface area contributed by atoms with Crippen LogP contribution in [0.5, 0.6) is 5.75 Å². The van der Waals surface area contributed by atoms with Crippen LogP contribution in [0.4, 0.5) is 15.8 Å². The fraction of sp³-hybridized carbons (Fsp3) is 0.250. The SMILES string of the molecule is CCOc1ccc(N2C(=O)CC(SCC(=O)Nc3ccc(F)cc3)C2=O)cc1. The van der Waals surface area contributed by atoms with E-state index in [1.165, 1.54) is 24.3 Å². The molecule has 1 heterocycles. The first-order valence-electron chi connectivity index (χ1n) is 8.74. The van der Waals surface area contributed by atoms with E-state index in [2.05, 4.69) is 5.32 Å². The number of hydrogen-bond donors (Lipinski definition) is 1. The molecule has 0 aliphatic carbocycles. The van der Waals surface area contributed by atoms with Crippen LogP contribution in [0.1, 0.15) is 13.3 Å². The number of halogens is 1. The third kappa shape index (κ3) is 4.69. The minimum absolute atomic E-state index is 0.0121. The molecular weight excluding hydrogens is 383 g/mol. The van der Waals surface area contributed by atoms with Gasteiger partial charge in [-0.2, -0.15) is 0 Å². The predicted molar refractivity (Wildman–Crippen MR) is 106 cm³/mol. The molecule has 3 rings (SSSR count). The Bertz CT molecular complexity index is 871. The molecule has 1 atom stereocenters. The van der Waals surface area contributed by atoms with Crippen LogP contribution in [-0.4, -0.2) is 35.3 Å². The van der Waals surface area contributed by atoms with Gasteiger partial charge in [0.05, 0.1) is 23.3 Å². The highest BCUT2D eigenvalue weighted by Crippen LogP contribution is 2.30. The summed E-state index contributed by atoms with van der Waals surface area (Å²) in [5, 5.41) is 2.02. The molecule has 8 heteroatoms. The second-order valence-electron chi connectivity index (χ2n) is 6.05. The minimum atomic E-state index is -0.613. The van der Waals surface area contributed by atoms with Gasteiger partial charge in [-0.25, -0.2) is 9.29 Å². The molecule has 1 aliphatic rings. The molecule has 3 amide bonds. The van der Waals surface area contributed by atoms with Crippen LogP contribution < -0.4 is 15.0 Å². The fourth-order valence-corrected chi connectivity index (χ4v) is 3.70. The molecule has 2 aromatic rings. The average molecular weight is 402 g/mol. The number of nitrogens with one attached hydrogen (secondary N) is 1. The number of carbonyl (C=O) groups excluding carboxylic acids is 3. The lowest BCUT2D eigenvalue weighted by Crippen LogP contribution is -2.31. The van der Waals surface area contributed by atoms with Crippen molar-refractivity contribution in [3.05, 3.63) is 54.3 Å². The van der Waals surface area contributed by atoms with Crippen molar-refractivity contribution < 1.29 is 23.5 Å². The third-order valence-corrected chi connectivity index (χ3v) is 5.25. The summed E-state index contributed by atoms with van der Waals surface area (Å²) < 4.78 is 18.3. The Kier molecular flexibility index (Phi) is 6.30. The Balaban J connectivity index is 1.57. The number of hydrogen-bond acceptors (Lipinski definition) is 5. The summed E-state index contributed by atoms with van der Waals surface area (Å²) in [7, 11) is 0. The summed E-state index contributed by atoms with van der Waals surface area (Å²) in [6, 6.07) is 12.1. The summed E-state index contributed by atoms with van der Waals surface area (Å²) in [5.41, 5.74) is 0.953. The first kappa shape index (κ1) is 19.9. The summed E-state index contributed by atoms with van der Waals surface area (Å²) >= 11 is 1.11. The lowest BCUT2D eigenvalue weighted by atomic mass is 10.3. The van der Waals surface area contributed by atoms with E-state index in [0.29, 0.717) is 23.7 Å². The van der Waals surface area contributed by atoms with Gasteiger partial charge in [-0.3, -0.25) is 14.4 Å². The molecular formula is C20H19FN2O4S. The fourth-order valence-electron chi connectivity index (χ4n) is 2.77. The highest BCUT2D eigenvalue weighted by molar-refractivity contribution is 8.01. The van der Waals surface area contributed by atoms with Gasteiger partial charge < -0.3 is 10.1 Å². The molecule has 1 unspecified atom stereocenters. The zero-order valence-electron chi connectivity index (χ0n) is 15.2. The predicted octanol–water partition coefficient (Wildman–Crippen LogP) is 3.23. The summed E-state index contributed by atoms with van der Waals surface area (Å²) in [6.45, 7) is 2.40. The molecule has 0 saturated carbocycles. The third-order valence-electron chi connectivity index (χ3n) is 4.05. The van der Waals surface area contributed by atoms with Crippen molar-refractivity contribution in [2.24, 2.45) is 0 Å². The molecule has 146 valence electrons. The molecule has 0 spiro atoms. The second kappa shape index (κ2) is 8.88. The van der Waals surface area contributed by atoms with Crippen LogP contribution in [0.25, 0.3) is 0 Å². The van der Waals surface area contributed by atoms with Gasteiger partial charge in [-0.15, -0.1) is 11.8 Å². The smallest absolute Gasteiger partial charge is 0.247 e. The maximum atomic E-state index is 12.9. The van der Waals surface area contributed by atoms with Crippen molar-refractivity contribution >= 4 is 40.9 Å². The van der Waals surface area contributed by atoms with Gasteiger partial charge >= 0.3 is 0 Å². The van der Waals surface area contributed by atoms with Gasteiger partial charge in [0, 0.05) is 12.1 Å². The lowest BCUT2D eigenvalue weighted by Gasteiger charge is -2.15. The number of thioether (sulfide) groups is 1. The maximum absolute atomic E-state index is 12.9. The van der Waals surface area contributed by atoms with Crippen LogP contribution in [-0.2, 0) is 14.4 Å². The highest BCUT2D eigenvalue weighted by atomic mass is 32.2. The molecule has 28 heavy (non-hydrogen) atoms. The number of benzene rings is 2. The van der Waals surface area contributed by atoms with Crippen LogP contribution in [0.15, 0.2) is 48.5 Å². The summed E-state index contributed by atoms with van der Waals surface area (Å²) in [4.78, 5) is 38.1. The lowest BCUT2D eigenvalue weighted by molar-refractivity contribution is -0.121. The number of nitrogens with zero attached hydrogens (tertiary/aromatic N) is 1. The zero-order chi connectivity index (χ0) is 20.1. The number of amides is 3. The first-order valence-corrected chi connectivity index (χ1v) is 9.79. The van der Waals surface area contributed by atoms with E-state index >= 15 is 0 Å². The molecule has 1 saturated heterocycles. The van der Waals surface area contributed by atoms with E-state index < -0.39 is 11.1 Å². The van der Waals surface area contributed by atoms with Crippen molar-refractivity contribution in [1.82, 2.24) is 0 Å².